The van der Waals surface area contributed by atoms with Crippen LogP contribution in [0.15, 0.2) is 11.3 Å². The van der Waals surface area contributed by atoms with Crippen molar-refractivity contribution in [3.63, 3.8) is 0 Å². The average Bonchev–Trinajstić information content (AvgIpc) is 2.28. The number of rotatable bonds is 7. The molecule has 0 saturated heterocycles. The van der Waals surface area contributed by atoms with E-state index >= 15 is 0 Å². The molecule has 0 spiro atoms. The topological polar surface area (TPSA) is 78.9 Å². The minimum absolute atomic E-state index is 0.0388. The van der Waals surface area contributed by atoms with Crippen LogP contribution in [-0.4, -0.2) is 39.1 Å². The van der Waals surface area contributed by atoms with E-state index in [1.54, 1.807) is 0 Å². The van der Waals surface area contributed by atoms with Crippen LogP contribution in [0, 0.1) is 0 Å². The molecule has 0 aromatic rings. The van der Waals surface area contributed by atoms with Crippen molar-refractivity contribution in [2.45, 2.75) is 19.8 Å². The van der Waals surface area contributed by atoms with Crippen molar-refractivity contribution in [3.05, 3.63) is 11.3 Å². The molecule has 6 heteroatoms. The highest BCUT2D eigenvalue weighted by Crippen LogP contribution is 2.15. The fraction of sp³-hybridized carbons (Fsp3) is 0.545. The van der Waals surface area contributed by atoms with E-state index in [0.29, 0.717) is 6.29 Å². The SMILES string of the molecule is COC/C(OC(C)=O)=C(\CCC=O)C(=O)OC. The Hall–Kier alpha value is -1.69. The normalized spacial score (nSPS) is 11.5. The summed E-state index contributed by atoms with van der Waals surface area (Å²) < 4.78 is 14.3. The van der Waals surface area contributed by atoms with Crippen LogP contribution >= 0.6 is 0 Å². The predicted octanol–water partition coefficient (Wildman–Crippen LogP) is 0.602. The molecular formula is C11H16O6. The molecule has 17 heavy (non-hydrogen) atoms. The summed E-state index contributed by atoms with van der Waals surface area (Å²) in [6.07, 6.45) is 0.947. The second kappa shape index (κ2) is 8.46. The lowest BCUT2D eigenvalue weighted by atomic mass is 10.1. The Balaban J connectivity index is 5.12. The van der Waals surface area contributed by atoms with Gasteiger partial charge in [-0.15, -0.1) is 0 Å². The van der Waals surface area contributed by atoms with Crippen LogP contribution in [0.4, 0.5) is 0 Å². The zero-order chi connectivity index (χ0) is 13.3. The van der Waals surface area contributed by atoms with Crippen molar-refractivity contribution < 1.29 is 28.6 Å². The Morgan fingerprint density at radius 1 is 1.24 bits per heavy atom. The number of carbonyl (C=O) groups is 3. The van der Waals surface area contributed by atoms with E-state index in [9.17, 15) is 14.4 Å². The van der Waals surface area contributed by atoms with Crippen molar-refractivity contribution in [3.8, 4) is 0 Å². The quantitative estimate of drug-likeness (QED) is 0.282. The molecule has 0 heterocycles. The van der Waals surface area contributed by atoms with E-state index in [1.807, 2.05) is 0 Å². The van der Waals surface area contributed by atoms with Gasteiger partial charge in [-0.1, -0.05) is 0 Å². The summed E-state index contributed by atoms with van der Waals surface area (Å²) in [5.74, 6) is -1.13. The molecule has 0 aromatic heterocycles. The summed E-state index contributed by atoms with van der Waals surface area (Å²) in [6.45, 7) is 1.17. The maximum atomic E-state index is 11.5. The minimum atomic E-state index is -0.639. The summed E-state index contributed by atoms with van der Waals surface area (Å²) in [5.41, 5.74) is 0.136. The molecule has 0 radical (unpaired) electrons. The number of aldehydes is 1. The molecule has 0 N–H and O–H groups in total. The Bertz CT molecular complexity index is 318. The smallest absolute Gasteiger partial charge is 0.337 e. The number of ether oxygens (including phenoxy) is 3. The molecule has 0 amide bonds. The van der Waals surface area contributed by atoms with Crippen molar-refractivity contribution in [2.24, 2.45) is 0 Å². The number of hydrogen-bond acceptors (Lipinski definition) is 6. The zero-order valence-electron chi connectivity index (χ0n) is 10.1. The van der Waals surface area contributed by atoms with Gasteiger partial charge < -0.3 is 19.0 Å². The molecule has 6 nitrogen and oxygen atoms in total. The Kier molecular flexibility index (Phi) is 7.62. The molecule has 0 atom stereocenters. The van der Waals surface area contributed by atoms with Gasteiger partial charge in [-0.2, -0.15) is 0 Å². The molecule has 0 bridgehead atoms. The fourth-order valence-electron chi connectivity index (χ4n) is 1.16. The van der Waals surface area contributed by atoms with E-state index in [4.69, 9.17) is 9.47 Å². The fourth-order valence-corrected chi connectivity index (χ4v) is 1.16. The van der Waals surface area contributed by atoms with Gasteiger partial charge in [0.15, 0.2) is 0 Å². The van der Waals surface area contributed by atoms with Crippen molar-refractivity contribution in [2.75, 3.05) is 20.8 Å². The van der Waals surface area contributed by atoms with Crippen LogP contribution in [0.3, 0.4) is 0 Å². The number of hydrogen-bond donors (Lipinski definition) is 0. The molecule has 0 unspecified atom stereocenters. The third kappa shape index (κ3) is 5.82. The van der Waals surface area contributed by atoms with Crippen LogP contribution < -0.4 is 0 Å². The largest absolute Gasteiger partial charge is 0.466 e. The summed E-state index contributed by atoms with van der Waals surface area (Å²) in [5, 5.41) is 0. The van der Waals surface area contributed by atoms with Crippen LogP contribution in [0.25, 0.3) is 0 Å². The molecule has 0 rings (SSSR count). The lowest BCUT2D eigenvalue weighted by Gasteiger charge is -2.11. The first-order valence-electron chi connectivity index (χ1n) is 4.98. The average molecular weight is 244 g/mol. The minimum Gasteiger partial charge on any atom is -0.466 e. The van der Waals surface area contributed by atoms with Gasteiger partial charge in [0.2, 0.25) is 0 Å². The lowest BCUT2D eigenvalue weighted by molar-refractivity contribution is -0.139. The molecule has 0 aromatic carbocycles. The first kappa shape index (κ1) is 15.3. The summed E-state index contributed by atoms with van der Waals surface area (Å²) >= 11 is 0. The third-order valence-corrected chi connectivity index (χ3v) is 1.82. The number of esters is 2. The van der Waals surface area contributed by atoms with Crippen LogP contribution in [-0.2, 0) is 28.6 Å². The molecule has 0 fully saturated rings. The highest BCUT2D eigenvalue weighted by molar-refractivity contribution is 5.89. The summed E-state index contributed by atoms with van der Waals surface area (Å²) in [4.78, 5) is 32.7. The van der Waals surface area contributed by atoms with E-state index in [2.05, 4.69) is 4.74 Å². The van der Waals surface area contributed by atoms with Crippen molar-refractivity contribution in [1.29, 1.82) is 0 Å². The van der Waals surface area contributed by atoms with Crippen molar-refractivity contribution >= 4 is 18.2 Å². The predicted molar refractivity (Wildman–Crippen MR) is 58.0 cm³/mol. The lowest BCUT2D eigenvalue weighted by Crippen LogP contribution is -2.15. The Morgan fingerprint density at radius 3 is 2.29 bits per heavy atom. The van der Waals surface area contributed by atoms with Gasteiger partial charge in [0.1, 0.15) is 18.7 Å². The van der Waals surface area contributed by atoms with E-state index in [-0.39, 0.29) is 30.8 Å². The van der Waals surface area contributed by atoms with Gasteiger partial charge in [0.05, 0.1) is 12.7 Å². The highest BCUT2D eigenvalue weighted by atomic mass is 16.6. The second-order valence-electron chi connectivity index (χ2n) is 3.13. The second-order valence-corrected chi connectivity index (χ2v) is 3.13. The molecule has 0 aliphatic rings. The summed E-state index contributed by atoms with van der Waals surface area (Å²) in [6, 6.07) is 0. The van der Waals surface area contributed by atoms with Crippen molar-refractivity contribution in [1.82, 2.24) is 0 Å². The van der Waals surface area contributed by atoms with Crippen LogP contribution in [0.2, 0.25) is 0 Å². The maximum Gasteiger partial charge on any atom is 0.337 e. The highest BCUT2D eigenvalue weighted by Gasteiger charge is 2.18. The standard InChI is InChI=1S/C11H16O6/c1-8(13)17-10(7-15-2)9(5-4-6-12)11(14)16-3/h6H,4-5,7H2,1-3H3/b10-9-. The van der Waals surface area contributed by atoms with Gasteiger partial charge in [-0.05, 0) is 6.42 Å². The molecule has 96 valence electrons. The number of carbonyl (C=O) groups excluding carboxylic acids is 3. The number of methoxy groups -OCH3 is 2. The monoisotopic (exact) mass is 244 g/mol. The first-order valence-corrected chi connectivity index (χ1v) is 4.98. The zero-order valence-corrected chi connectivity index (χ0v) is 10.1. The van der Waals surface area contributed by atoms with Gasteiger partial charge in [0, 0.05) is 20.5 Å². The van der Waals surface area contributed by atoms with Crippen LogP contribution in [0.5, 0.6) is 0 Å². The molecule has 0 aliphatic heterocycles. The summed E-state index contributed by atoms with van der Waals surface area (Å²) in [7, 11) is 2.61. The van der Waals surface area contributed by atoms with Gasteiger partial charge in [-0.25, -0.2) is 4.79 Å². The molecule has 0 aliphatic carbocycles. The van der Waals surface area contributed by atoms with Gasteiger partial charge in [0.25, 0.3) is 0 Å². The Morgan fingerprint density at radius 2 is 1.88 bits per heavy atom. The molecule has 0 saturated carbocycles. The van der Waals surface area contributed by atoms with Gasteiger partial charge >= 0.3 is 11.9 Å². The first-order chi connectivity index (χ1) is 8.06. The molecular weight excluding hydrogens is 228 g/mol. The van der Waals surface area contributed by atoms with Gasteiger partial charge in [-0.3, -0.25) is 4.79 Å². The third-order valence-electron chi connectivity index (χ3n) is 1.82. The Labute approximate surface area is 99.5 Å². The van der Waals surface area contributed by atoms with E-state index in [0.717, 1.165) is 0 Å². The van der Waals surface area contributed by atoms with E-state index < -0.39 is 11.9 Å². The maximum absolute atomic E-state index is 11.5. The van der Waals surface area contributed by atoms with Crippen LogP contribution in [0.1, 0.15) is 19.8 Å². The van der Waals surface area contributed by atoms with E-state index in [1.165, 1.54) is 21.1 Å².